The van der Waals surface area contributed by atoms with Crippen LogP contribution in [0.5, 0.6) is 11.5 Å². The van der Waals surface area contributed by atoms with Crippen LogP contribution in [-0.2, 0) is 0 Å². The van der Waals surface area contributed by atoms with Crippen LogP contribution in [-0.4, -0.2) is 76.8 Å². The zero-order valence-electron chi connectivity index (χ0n) is 18.3. The van der Waals surface area contributed by atoms with Crippen LogP contribution in [0.4, 0.5) is 0 Å². The van der Waals surface area contributed by atoms with Gasteiger partial charge < -0.3 is 14.5 Å². The molecule has 168 valence electrons. The van der Waals surface area contributed by atoms with Gasteiger partial charge in [0, 0.05) is 62.6 Å². The van der Waals surface area contributed by atoms with E-state index in [4.69, 9.17) is 4.74 Å². The van der Waals surface area contributed by atoms with Crippen molar-refractivity contribution in [1.29, 1.82) is 0 Å². The molecule has 0 saturated carbocycles. The van der Waals surface area contributed by atoms with Gasteiger partial charge in [-0.05, 0) is 48.5 Å². The third-order valence-electron chi connectivity index (χ3n) is 6.26. The Hall–Kier alpha value is -3.71. The predicted octanol–water partition coefficient (Wildman–Crippen LogP) is 3.16. The zero-order valence-corrected chi connectivity index (χ0v) is 18.3. The van der Waals surface area contributed by atoms with E-state index >= 15 is 0 Å². The number of nitrogens with zero attached hydrogens (tertiary/aromatic N) is 4. The number of pyridine rings is 1. The van der Waals surface area contributed by atoms with Gasteiger partial charge in [-0.15, -0.1) is 0 Å². The summed E-state index contributed by atoms with van der Waals surface area (Å²) in [6, 6.07) is 20.7. The van der Waals surface area contributed by atoms with Gasteiger partial charge in [0.1, 0.15) is 11.5 Å². The minimum absolute atomic E-state index is 0.0390. The average Bonchev–Trinajstić information content (AvgIpc) is 2.85. The Morgan fingerprint density at radius 3 is 2.06 bits per heavy atom. The van der Waals surface area contributed by atoms with Crippen molar-refractivity contribution in [2.24, 2.45) is 0 Å². The highest BCUT2D eigenvalue weighted by molar-refractivity contribution is 5.95. The van der Waals surface area contributed by atoms with Gasteiger partial charge in [-0.3, -0.25) is 19.5 Å². The first-order chi connectivity index (χ1) is 16.2. The molecule has 0 atom stereocenters. The number of benzene rings is 2. The number of aromatic nitrogens is 1. The molecule has 1 aromatic heterocycles. The molecule has 33 heavy (non-hydrogen) atoms. The van der Waals surface area contributed by atoms with Crippen molar-refractivity contribution in [2.45, 2.75) is 6.04 Å². The van der Waals surface area contributed by atoms with E-state index in [1.807, 2.05) is 52.3 Å². The van der Waals surface area contributed by atoms with Crippen molar-refractivity contribution in [3.63, 3.8) is 0 Å². The smallest absolute Gasteiger partial charge is 0.253 e. The number of carbonyl (C=O) groups excluding carboxylic acids is 2. The third kappa shape index (κ3) is 4.73. The van der Waals surface area contributed by atoms with Gasteiger partial charge in [-0.25, -0.2) is 0 Å². The molecule has 7 nitrogen and oxygen atoms in total. The first kappa shape index (κ1) is 21.2. The standard InChI is InChI=1S/C26H26N4O3/c31-25(20-5-2-1-3-6-20)29-15-13-28(14-16-29)22-18-30(19-22)26(32)21-8-10-23(11-9-21)33-24-7-4-12-27-17-24/h1-12,17,22H,13-16,18-19H2. The van der Waals surface area contributed by atoms with Crippen molar-refractivity contribution < 1.29 is 14.3 Å². The molecule has 0 bridgehead atoms. The second-order valence-electron chi connectivity index (χ2n) is 8.37. The molecule has 0 radical (unpaired) electrons. The van der Waals surface area contributed by atoms with Gasteiger partial charge >= 0.3 is 0 Å². The minimum atomic E-state index is 0.0390. The van der Waals surface area contributed by atoms with Gasteiger partial charge in [0.25, 0.3) is 11.8 Å². The van der Waals surface area contributed by atoms with Crippen molar-refractivity contribution >= 4 is 11.8 Å². The normalized spacial score (nSPS) is 16.8. The summed E-state index contributed by atoms with van der Waals surface area (Å²) in [6.07, 6.45) is 3.34. The molecular formula is C26H26N4O3. The molecule has 2 saturated heterocycles. The highest BCUT2D eigenvalue weighted by Gasteiger charge is 2.37. The summed E-state index contributed by atoms with van der Waals surface area (Å²) in [4.78, 5) is 35.7. The summed E-state index contributed by atoms with van der Waals surface area (Å²) in [5, 5.41) is 0. The SMILES string of the molecule is O=C(c1ccccc1)N1CCN(C2CN(C(=O)c3ccc(Oc4cccnc4)cc3)C2)CC1. The van der Waals surface area contributed by atoms with Crippen LogP contribution in [0.25, 0.3) is 0 Å². The lowest BCUT2D eigenvalue weighted by atomic mass is 10.0. The number of piperazine rings is 1. The fourth-order valence-corrected chi connectivity index (χ4v) is 4.30. The van der Waals surface area contributed by atoms with Crippen molar-refractivity contribution in [1.82, 2.24) is 19.7 Å². The first-order valence-electron chi connectivity index (χ1n) is 11.2. The number of ether oxygens (including phenoxy) is 1. The number of amides is 2. The van der Waals surface area contributed by atoms with Crippen LogP contribution in [0.3, 0.4) is 0 Å². The maximum absolute atomic E-state index is 12.8. The predicted molar refractivity (Wildman–Crippen MR) is 124 cm³/mol. The van der Waals surface area contributed by atoms with Crippen LogP contribution in [0.2, 0.25) is 0 Å². The lowest BCUT2D eigenvalue weighted by molar-refractivity contribution is 0.00854. The quantitative estimate of drug-likeness (QED) is 0.607. The molecule has 0 spiro atoms. The van der Waals surface area contributed by atoms with E-state index in [0.717, 1.165) is 44.8 Å². The Bertz CT molecular complexity index is 1090. The second-order valence-corrected chi connectivity index (χ2v) is 8.37. The van der Waals surface area contributed by atoms with E-state index in [-0.39, 0.29) is 11.8 Å². The fourth-order valence-electron chi connectivity index (χ4n) is 4.30. The Morgan fingerprint density at radius 1 is 0.727 bits per heavy atom. The Kier molecular flexibility index (Phi) is 6.04. The lowest BCUT2D eigenvalue weighted by Crippen LogP contribution is -2.64. The maximum Gasteiger partial charge on any atom is 0.253 e. The summed E-state index contributed by atoms with van der Waals surface area (Å²) in [5.41, 5.74) is 1.40. The van der Waals surface area contributed by atoms with E-state index < -0.39 is 0 Å². The zero-order chi connectivity index (χ0) is 22.6. The van der Waals surface area contributed by atoms with Gasteiger partial charge in [-0.2, -0.15) is 0 Å². The van der Waals surface area contributed by atoms with E-state index in [0.29, 0.717) is 23.1 Å². The Labute approximate surface area is 193 Å². The summed E-state index contributed by atoms with van der Waals surface area (Å²) in [5.74, 6) is 1.46. The number of hydrogen-bond donors (Lipinski definition) is 0. The van der Waals surface area contributed by atoms with Crippen LogP contribution < -0.4 is 4.74 Å². The third-order valence-corrected chi connectivity index (χ3v) is 6.26. The molecule has 2 aliphatic rings. The average molecular weight is 443 g/mol. The van der Waals surface area contributed by atoms with Gasteiger partial charge in [0.2, 0.25) is 0 Å². The van der Waals surface area contributed by atoms with Crippen LogP contribution in [0.15, 0.2) is 79.1 Å². The molecule has 0 unspecified atom stereocenters. The number of rotatable bonds is 5. The monoisotopic (exact) mass is 442 g/mol. The lowest BCUT2D eigenvalue weighted by Gasteiger charge is -2.48. The van der Waals surface area contributed by atoms with Crippen molar-refractivity contribution in [3.8, 4) is 11.5 Å². The van der Waals surface area contributed by atoms with Gasteiger partial charge in [0.15, 0.2) is 0 Å². The molecule has 7 heteroatoms. The van der Waals surface area contributed by atoms with E-state index in [2.05, 4.69) is 9.88 Å². The Balaban J connectivity index is 1.09. The molecule has 3 aromatic rings. The highest BCUT2D eigenvalue weighted by atomic mass is 16.5. The molecule has 3 heterocycles. The van der Waals surface area contributed by atoms with Crippen molar-refractivity contribution in [2.75, 3.05) is 39.3 Å². The minimum Gasteiger partial charge on any atom is -0.456 e. The summed E-state index contributed by atoms with van der Waals surface area (Å²) in [7, 11) is 0. The Morgan fingerprint density at radius 2 is 1.39 bits per heavy atom. The van der Waals surface area contributed by atoms with Gasteiger partial charge in [-0.1, -0.05) is 18.2 Å². The molecule has 0 aliphatic carbocycles. The summed E-state index contributed by atoms with van der Waals surface area (Å²) >= 11 is 0. The molecule has 0 N–H and O–H groups in total. The molecule has 2 aliphatic heterocycles. The topological polar surface area (TPSA) is 66.0 Å². The molecule has 2 fully saturated rings. The number of hydrogen-bond acceptors (Lipinski definition) is 5. The van der Waals surface area contributed by atoms with Crippen LogP contribution in [0.1, 0.15) is 20.7 Å². The van der Waals surface area contributed by atoms with E-state index in [1.54, 1.807) is 36.7 Å². The molecular weight excluding hydrogens is 416 g/mol. The molecule has 2 aromatic carbocycles. The number of likely N-dealkylation sites (tertiary alicyclic amines) is 1. The maximum atomic E-state index is 12.8. The van der Waals surface area contributed by atoms with Crippen LogP contribution >= 0.6 is 0 Å². The largest absolute Gasteiger partial charge is 0.456 e. The first-order valence-corrected chi connectivity index (χ1v) is 11.2. The second kappa shape index (κ2) is 9.42. The van der Waals surface area contributed by atoms with Crippen molar-refractivity contribution in [3.05, 3.63) is 90.3 Å². The molecule has 2 amide bonds. The number of carbonyl (C=O) groups is 2. The fraction of sp³-hybridized carbons (Fsp3) is 0.269. The van der Waals surface area contributed by atoms with Crippen LogP contribution in [0, 0.1) is 0 Å². The summed E-state index contributed by atoms with van der Waals surface area (Å²) in [6.45, 7) is 4.56. The van der Waals surface area contributed by atoms with E-state index in [1.165, 1.54) is 0 Å². The van der Waals surface area contributed by atoms with Gasteiger partial charge in [0.05, 0.1) is 6.20 Å². The summed E-state index contributed by atoms with van der Waals surface area (Å²) < 4.78 is 5.74. The molecule has 5 rings (SSSR count). The highest BCUT2D eigenvalue weighted by Crippen LogP contribution is 2.23. The van der Waals surface area contributed by atoms with E-state index in [9.17, 15) is 9.59 Å².